The normalized spacial score (nSPS) is 20.9. The summed E-state index contributed by atoms with van der Waals surface area (Å²) in [6, 6.07) is 8.24. The molecule has 1 aromatic carbocycles. The molecule has 0 spiro atoms. The number of rotatable bonds is 5. The van der Waals surface area contributed by atoms with Crippen molar-refractivity contribution in [3.8, 4) is 5.75 Å². The molecule has 0 aromatic heterocycles. The maximum absolute atomic E-state index is 9.46. The number of aromatic hydroxyl groups is 1. The standard InChI is InChI=1S/C14H22N2O/c1-2-15-10-13-6-4-8-16(13)11-12-5-3-7-14(17)9-12/h3,5,7,9,13,15,17H,2,4,6,8,10-11H2,1H3. The lowest BCUT2D eigenvalue weighted by Gasteiger charge is -2.24. The van der Waals surface area contributed by atoms with E-state index in [1.54, 1.807) is 6.07 Å². The molecule has 1 aromatic rings. The molecule has 3 heteroatoms. The molecule has 1 fully saturated rings. The van der Waals surface area contributed by atoms with Gasteiger partial charge < -0.3 is 10.4 Å². The van der Waals surface area contributed by atoms with Gasteiger partial charge in [-0.25, -0.2) is 0 Å². The molecule has 1 atom stereocenters. The van der Waals surface area contributed by atoms with Crippen molar-refractivity contribution >= 4 is 0 Å². The van der Waals surface area contributed by atoms with Crippen LogP contribution in [-0.4, -0.2) is 35.7 Å². The highest BCUT2D eigenvalue weighted by Crippen LogP contribution is 2.21. The molecule has 94 valence electrons. The highest BCUT2D eigenvalue weighted by molar-refractivity contribution is 5.27. The van der Waals surface area contributed by atoms with Crippen LogP contribution < -0.4 is 5.32 Å². The average Bonchev–Trinajstić information content (AvgIpc) is 2.74. The Morgan fingerprint density at radius 3 is 3.12 bits per heavy atom. The van der Waals surface area contributed by atoms with Gasteiger partial charge in [0.2, 0.25) is 0 Å². The first-order valence-corrected chi connectivity index (χ1v) is 6.52. The number of hydrogen-bond acceptors (Lipinski definition) is 3. The van der Waals surface area contributed by atoms with Crippen LogP contribution >= 0.6 is 0 Å². The van der Waals surface area contributed by atoms with Crippen LogP contribution in [0, 0.1) is 0 Å². The summed E-state index contributed by atoms with van der Waals surface area (Å²) in [5, 5.41) is 12.9. The van der Waals surface area contributed by atoms with E-state index in [4.69, 9.17) is 0 Å². The highest BCUT2D eigenvalue weighted by atomic mass is 16.3. The second-order valence-electron chi connectivity index (χ2n) is 4.74. The van der Waals surface area contributed by atoms with E-state index in [9.17, 15) is 5.11 Å². The molecule has 2 rings (SSSR count). The molecule has 0 saturated carbocycles. The van der Waals surface area contributed by atoms with Crippen molar-refractivity contribution in [2.24, 2.45) is 0 Å². The number of hydrogen-bond donors (Lipinski definition) is 2. The molecule has 3 nitrogen and oxygen atoms in total. The van der Waals surface area contributed by atoms with Gasteiger partial charge in [-0.3, -0.25) is 4.90 Å². The van der Waals surface area contributed by atoms with Crippen molar-refractivity contribution in [2.75, 3.05) is 19.6 Å². The van der Waals surface area contributed by atoms with Crippen LogP contribution in [0.15, 0.2) is 24.3 Å². The molecule has 1 saturated heterocycles. The van der Waals surface area contributed by atoms with Crippen LogP contribution in [0.2, 0.25) is 0 Å². The smallest absolute Gasteiger partial charge is 0.115 e. The number of phenolic OH excluding ortho intramolecular Hbond substituents is 1. The first kappa shape index (κ1) is 12.4. The van der Waals surface area contributed by atoms with Crippen LogP contribution in [-0.2, 0) is 6.54 Å². The van der Waals surface area contributed by atoms with Crippen LogP contribution in [0.5, 0.6) is 5.75 Å². The summed E-state index contributed by atoms with van der Waals surface area (Å²) in [7, 11) is 0. The fourth-order valence-corrected chi connectivity index (χ4v) is 2.53. The van der Waals surface area contributed by atoms with E-state index in [0.29, 0.717) is 11.8 Å². The van der Waals surface area contributed by atoms with Crippen molar-refractivity contribution in [2.45, 2.75) is 32.4 Å². The van der Waals surface area contributed by atoms with Crippen molar-refractivity contribution in [3.05, 3.63) is 29.8 Å². The molecule has 0 radical (unpaired) electrons. The summed E-state index contributed by atoms with van der Waals surface area (Å²) in [6.07, 6.45) is 2.57. The molecule has 0 aliphatic carbocycles. The average molecular weight is 234 g/mol. The second-order valence-corrected chi connectivity index (χ2v) is 4.74. The van der Waals surface area contributed by atoms with Gasteiger partial charge in [0.05, 0.1) is 0 Å². The van der Waals surface area contributed by atoms with E-state index in [1.165, 1.54) is 24.9 Å². The first-order chi connectivity index (χ1) is 8.29. The number of nitrogens with one attached hydrogen (secondary N) is 1. The van der Waals surface area contributed by atoms with Gasteiger partial charge in [0.15, 0.2) is 0 Å². The molecule has 17 heavy (non-hydrogen) atoms. The Hall–Kier alpha value is -1.06. The summed E-state index contributed by atoms with van der Waals surface area (Å²) in [5.41, 5.74) is 1.20. The van der Waals surface area contributed by atoms with Gasteiger partial charge >= 0.3 is 0 Å². The van der Waals surface area contributed by atoms with Gasteiger partial charge in [0, 0.05) is 19.1 Å². The van der Waals surface area contributed by atoms with Gasteiger partial charge in [0.1, 0.15) is 5.75 Å². The quantitative estimate of drug-likeness (QED) is 0.817. The van der Waals surface area contributed by atoms with Crippen LogP contribution in [0.25, 0.3) is 0 Å². The Morgan fingerprint density at radius 1 is 1.47 bits per heavy atom. The number of nitrogens with zero attached hydrogens (tertiary/aromatic N) is 1. The minimum absolute atomic E-state index is 0.366. The zero-order valence-corrected chi connectivity index (χ0v) is 10.5. The number of likely N-dealkylation sites (tertiary alicyclic amines) is 1. The third-order valence-electron chi connectivity index (χ3n) is 3.43. The van der Waals surface area contributed by atoms with E-state index in [0.717, 1.165) is 19.6 Å². The zero-order chi connectivity index (χ0) is 12.1. The predicted octanol–water partition coefficient (Wildman–Crippen LogP) is 1.97. The maximum Gasteiger partial charge on any atom is 0.115 e. The van der Waals surface area contributed by atoms with E-state index in [1.807, 2.05) is 12.1 Å². The fourth-order valence-electron chi connectivity index (χ4n) is 2.53. The second kappa shape index (κ2) is 6.03. The van der Waals surface area contributed by atoms with Crippen LogP contribution in [0.4, 0.5) is 0 Å². The largest absolute Gasteiger partial charge is 0.508 e. The summed E-state index contributed by atoms with van der Waals surface area (Å²) < 4.78 is 0. The van der Waals surface area contributed by atoms with Gasteiger partial charge in [-0.2, -0.15) is 0 Å². The maximum atomic E-state index is 9.46. The van der Waals surface area contributed by atoms with E-state index < -0.39 is 0 Å². The molecule has 0 bridgehead atoms. The monoisotopic (exact) mass is 234 g/mol. The SMILES string of the molecule is CCNCC1CCCN1Cc1cccc(O)c1. The highest BCUT2D eigenvalue weighted by Gasteiger charge is 2.23. The predicted molar refractivity (Wildman–Crippen MR) is 70.1 cm³/mol. The minimum Gasteiger partial charge on any atom is -0.508 e. The third-order valence-corrected chi connectivity index (χ3v) is 3.43. The van der Waals surface area contributed by atoms with Crippen LogP contribution in [0.3, 0.4) is 0 Å². The van der Waals surface area contributed by atoms with Gasteiger partial charge in [-0.1, -0.05) is 19.1 Å². The lowest BCUT2D eigenvalue weighted by atomic mass is 10.1. The molecule has 2 N–H and O–H groups in total. The molecule has 1 aliphatic heterocycles. The van der Waals surface area contributed by atoms with Gasteiger partial charge in [-0.05, 0) is 43.6 Å². The van der Waals surface area contributed by atoms with Crippen molar-refractivity contribution < 1.29 is 5.11 Å². The third kappa shape index (κ3) is 3.45. The Balaban J connectivity index is 1.93. The summed E-state index contributed by atoms with van der Waals surface area (Å²) in [5.74, 6) is 0.366. The zero-order valence-electron chi connectivity index (χ0n) is 10.5. The van der Waals surface area contributed by atoms with Crippen molar-refractivity contribution in [1.82, 2.24) is 10.2 Å². The first-order valence-electron chi connectivity index (χ1n) is 6.52. The fraction of sp³-hybridized carbons (Fsp3) is 0.571. The molecular weight excluding hydrogens is 212 g/mol. The topological polar surface area (TPSA) is 35.5 Å². The Kier molecular flexibility index (Phi) is 4.40. The summed E-state index contributed by atoms with van der Waals surface area (Å²) in [4.78, 5) is 2.51. The molecule has 1 aliphatic rings. The number of likely N-dealkylation sites (N-methyl/N-ethyl adjacent to an activating group) is 1. The molecular formula is C14H22N2O. The Morgan fingerprint density at radius 2 is 2.35 bits per heavy atom. The summed E-state index contributed by atoms with van der Waals surface area (Å²) >= 11 is 0. The Bertz CT molecular complexity index is 354. The molecule has 0 amide bonds. The van der Waals surface area contributed by atoms with Gasteiger partial charge in [-0.15, -0.1) is 0 Å². The molecule has 1 unspecified atom stereocenters. The lowest BCUT2D eigenvalue weighted by molar-refractivity contribution is 0.240. The number of benzene rings is 1. The summed E-state index contributed by atoms with van der Waals surface area (Å²) in [6.45, 7) is 6.39. The van der Waals surface area contributed by atoms with Gasteiger partial charge in [0.25, 0.3) is 0 Å². The minimum atomic E-state index is 0.366. The lowest BCUT2D eigenvalue weighted by Crippen LogP contribution is -2.37. The van der Waals surface area contributed by atoms with Crippen molar-refractivity contribution in [1.29, 1.82) is 0 Å². The van der Waals surface area contributed by atoms with E-state index in [-0.39, 0.29) is 0 Å². The van der Waals surface area contributed by atoms with Crippen LogP contribution in [0.1, 0.15) is 25.3 Å². The Labute approximate surface area is 103 Å². The van der Waals surface area contributed by atoms with E-state index >= 15 is 0 Å². The molecule has 1 heterocycles. The number of phenols is 1. The van der Waals surface area contributed by atoms with Crippen molar-refractivity contribution in [3.63, 3.8) is 0 Å². The van der Waals surface area contributed by atoms with E-state index in [2.05, 4.69) is 23.2 Å².